The molecule has 0 atom stereocenters. The molecule has 0 spiro atoms. The quantitative estimate of drug-likeness (QED) is 0.864. The molecule has 18 heavy (non-hydrogen) atoms. The van der Waals surface area contributed by atoms with Crippen LogP contribution in [0, 0.1) is 6.92 Å². The number of aliphatic hydroxyl groups excluding tert-OH is 1. The summed E-state index contributed by atoms with van der Waals surface area (Å²) in [6, 6.07) is 0. The zero-order chi connectivity index (χ0) is 13.2. The highest BCUT2D eigenvalue weighted by molar-refractivity contribution is 6.31. The van der Waals surface area contributed by atoms with E-state index in [4.69, 9.17) is 11.6 Å². The molecule has 1 aromatic heterocycles. The minimum atomic E-state index is -0.111. The zero-order valence-corrected chi connectivity index (χ0v) is 11.9. The number of nitrogens with zero attached hydrogens (tertiary/aromatic N) is 2. The third kappa shape index (κ3) is 2.56. The molecule has 0 amide bonds. The van der Waals surface area contributed by atoms with Gasteiger partial charge in [0.05, 0.1) is 23.0 Å². The summed E-state index contributed by atoms with van der Waals surface area (Å²) in [6.07, 6.45) is 4.46. The van der Waals surface area contributed by atoms with Gasteiger partial charge in [-0.05, 0) is 26.7 Å². The summed E-state index contributed by atoms with van der Waals surface area (Å²) >= 11 is 6.28. The average molecular weight is 272 g/mol. The Morgan fingerprint density at radius 3 is 2.67 bits per heavy atom. The van der Waals surface area contributed by atoms with Crippen molar-refractivity contribution >= 4 is 11.6 Å². The summed E-state index contributed by atoms with van der Waals surface area (Å²) in [5.74, 6) is 0. The van der Waals surface area contributed by atoms with Crippen molar-refractivity contribution in [3.8, 4) is 0 Å². The van der Waals surface area contributed by atoms with E-state index in [1.165, 1.54) is 12.8 Å². The van der Waals surface area contributed by atoms with Crippen LogP contribution < -0.4 is 5.32 Å². The molecule has 0 unspecified atom stereocenters. The topological polar surface area (TPSA) is 50.1 Å². The second kappa shape index (κ2) is 5.59. The Kier molecular flexibility index (Phi) is 4.30. The molecule has 2 N–H and O–H groups in total. The third-order valence-electron chi connectivity index (χ3n) is 3.95. The molecule has 0 radical (unpaired) electrons. The fraction of sp³-hybridized carbons (Fsp3) is 0.769. The van der Waals surface area contributed by atoms with E-state index in [0.29, 0.717) is 6.54 Å². The molecule has 102 valence electrons. The van der Waals surface area contributed by atoms with Crippen LogP contribution in [0.3, 0.4) is 0 Å². The van der Waals surface area contributed by atoms with Crippen molar-refractivity contribution in [2.45, 2.75) is 58.2 Å². The Balaban J connectivity index is 2.09. The molecule has 1 heterocycles. The van der Waals surface area contributed by atoms with Gasteiger partial charge in [-0.25, -0.2) is 0 Å². The minimum absolute atomic E-state index is 0.111. The maximum atomic E-state index is 9.58. The normalized spacial score (nSPS) is 18.4. The van der Waals surface area contributed by atoms with Crippen LogP contribution >= 0.6 is 11.6 Å². The van der Waals surface area contributed by atoms with Gasteiger partial charge in [0.25, 0.3) is 0 Å². The molecule has 0 saturated heterocycles. The van der Waals surface area contributed by atoms with E-state index in [0.717, 1.165) is 35.8 Å². The number of aliphatic hydroxyl groups is 1. The summed E-state index contributed by atoms with van der Waals surface area (Å²) in [6.45, 7) is 5.67. The highest BCUT2D eigenvalue weighted by Gasteiger charge is 2.33. The van der Waals surface area contributed by atoms with Gasteiger partial charge in [-0.3, -0.25) is 4.68 Å². The van der Waals surface area contributed by atoms with E-state index in [1.807, 2.05) is 11.6 Å². The molecular formula is C13H22ClN3O. The van der Waals surface area contributed by atoms with E-state index in [-0.39, 0.29) is 12.1 Å². The Hall–Kier alpha value is -0.580. The molecule has 5 heteroatoms. The molecule has 1 saturated carbocycles. The van der Waals surface area contributed by atoms with Gasteiger partial charge in [-0.1, -0.05) is 24.4 Å². The van der Waals surface area contributed by atoms with Crippen LogP contribution in [-0.2, 0) is 13.1 Å². The van der Waals surface area contributed by atoms with Gasteiger partial charge in [-0.15, -0.1) is 0 Å². The molecule has 0 bridgehead atoms. The fourth-order valence-electron chi connectivity index (χ4n) is 2.75. The molecule has 0 aliphatic heterocycles. The predicted molar refractivity (Wildman–Crippen MR) is 72.8 cm³/mol. The van der Waals surface area contributed by atoms with Crippen molar-refractivity contribution < 1.29 is 5.11 Å². The smallest absolute Gasteiger partial charge is 0.0860 e. The first-order valence-corrected chi connectivity index (χ1v) is 7.07. The van der Waals surface area contributed by atoms with Gasteiger partial charge in [0.15, 0.2) is 0 Å². The number of hydrogen-bond acceptors (Lipinski definition) is 3. The first-order valence-electron chi connectivity index (χ1n) is 6.69. The third-order valence-corrected chi connectivity index (χ3v) is 4.44. The molecule has 1 fully saturated rings. The number of hydrogen-bond donors (Lipinski definition) is 2. The van der Waals surface area contributed by atoms with E-state index in [1.54, 1.807) is 0 Å². The average Bonchev–Trinajstić information content (AvgIpc) is 2.95. The van der Waals surface area contributed by atoms with Crippen LogP contribution in [0.15, 0.2) is 0 Å². The lowest BCUT2D eigenvalue weighted by Crippen LogP contribution is -2.45. The molecule has 1 aromatic rings. The summed E-state index contributed by atoms with van der Waals surface area (Å²) in [7, 11) is 0. The van der Waals surface area contributed by atoms with E-state index < -0.39 is 0 Å². The summed E-state index contributed by atoms with van der Waals surface area (Å²) in [5, 5.41) is 18.2. The standard InChI is InChI=1S/C13H22ClN3O/c1-3-17-11(12(14)10(2)16-17)8-15-13(9-18)6-4-5-7-13/h15,18H,3-9H2,1-2H3. The SMILES string of the molecule is CCn1nc(C)c(Cl)c1CNC1(CO)CCCC1. The van der Waals surface area contributed by atoms with Gasteiger partial charge in [-0.2, -0.15) is 5.10 Å². The first kappa shape index (κ1) is 13.8. The second-order valence-electron chi connectivity index (χ2n) is 5.16. The van der Waals surface area contributed by atoms with Crippen LogP contribution in [0.1, 0.15) is 44.0 Å². The minimum Gasteiger partial charge on any atom is -0.394 e. The van der Waals surface area contributed by atoms with Crippen LogP contribution in [-0.4, -0.2) is 27.0 Å². The lowest BCUT2D eigenvalue weighted by atomic mass is 9.99. The molecular weight excluding hydrogens is 250 g/mol. The highest BCUT2D eigenvalue weighted by atomic mass is 35.5. The highest BCUT2D eigenvalue weighted by Crippen LogP contribution is 2.30. The monoisotopic (exact) mass is 271 g/mol. The Morgan fingerprint density at radius 2 is 2.11 bits per heavy atom. The lowest BCUT2D eigenvalue weighted by molar-refractivity contribution is 0.162. The summed E-state index contributed by atoms with van der Waals surface area (Å²) in [5.41, 5.74) is 1.79. The van der Waals surface area contributed by atoms with Crippen LogP contribution in [0.2, 0.25) is 5.02 Å². The Morgan fingerprint density at radius 1 is 1.44 bits per heavy atom. The Bertz CT molecular complexity index is 411. The van der Waals surface area contributed by atoms with Gasteiger partial charge < -0.3 is 10.4 Å². The first-order chi connectivity index (χ1) is 8.62. The van der Waals surface area contributed by atoms with Crippen molar-refractivity contribution in [2.24, 2.45) is 0 Å². The number of nitrogens with one attached hydrogen (secondary N) is 1. The zero-order valence-electron chi connectivity index (χ0n) is 11.2. The molecule has 1 aliphatic rings. The summed E-state index contributed by atoms with van der Waals surface area (Å²) in [4.78, 5) is 0. The molecule has 1 aliphatic carbocycles. The van der Waals surface area contributed by atoms with Gasteiger partial charge in [0.1, 0.15) is 0 Å². The van der Waals surface area contributed by atoms with Crippen LogP contribution in [0.5, 0.6) is 0 Å². The molecule has 4 nitrogen and oxygen atoms in total. The van der Waals surface area contributed by atoms with Crippen molar-refractivity contribution in [2.75, 3.05) is 6.61 Å². The van der Waals surface area contributed by atoms with E-state index in [9.17, 15) is 5.11 Å². The van der Waals surface area contributed by atoms with Gasteiger partial charge in [0, 0.05) is 18.6 Å². The van der Waals surface area contributed by atoms with E-state index in [2.05, 4.69) is 17.3 Å². The van der Waals surface area contributed by atoms with Gasteiger partial charge in [0.2, 0.25) is 0 Å². The lowest BCUT2D eigenvalue weighted by Gasteiger charge is -2.28. The number of halogens is 1. The fourth-order valence-corrected chi connectivity index (χ4v) is 2.95. The maximum Gasteiger partial charge on any atom is 0.0860 e. The van der Waals surface area contributed by atoms with E-state index >= 15 is 0 Å². The summed E-state index contributed by atoms with van der Waals surface area (Å²) < 4.78 is 1.94. The van der Waals surface area contributed by atoms with Crippen molar-refractivity contribution in [3.05, 3.63) is 16.4 Å². The number of aromatic nitrogens is 2. The predicted octanol–water partition coefficient (Wildman–Crippen LogP) is 2.26. The van der Waals surface area contributed by atoms with Crippen LogP contribution in [0.25, 0.3) is 0 Å². The maximum absolute atomic E-state index is 9.58. The Labute approximate surface area is 113 Å². The van der Waals surface area contributed by atoms with Crippen molar-refractivity contribution in [1.82, 2.24) is 15.1 Å². The van der Waals surface area contributed by atoms with Crippen molar-refractivity contribution in [1.29, 1.82) is 0 Å². The van der Waals surface area contributed by atoms with Crippen molar-refractivity contribution in [3.63, 3.8) is 0 Å². The number of rotatable bonds is 5. The van der Waals surface area contributed by atoms with Gasteiger partial charge >= 0.3 is 0 Å². The van der Waals surface area contributed by atoms with Crippen LogP contribution in [0.4, 0.5) is 0 Å². The largest absolute Gasteiger partial charge is 0.394 e. The molecule has 2 rings (SSSR count). The number of aryl methyl sites for hydroxylation is 2. The second-order valence-corrected chi connectivity index (χ2v) is 5.54. The molecule has 0 aromatic carbocycles.